The average Bonchev–Trinajstić information content (AvgIpc) is 2.42. The van der Waals surface area contributed by atoms with Crippen molar-refractivity contribution in [1.82, 2.24) is 4.90 Å². The molecule has 0 radical (unpaired) electrons. The van der Waals surface area contributed by atoms with Crippen LogP contribution in [0, 0.1) is 17.7 Å². The van der Waals surface area contributed by atoms with Gasteiger partial charge in [0.25, 0.3) is 5.91 Å². The molecular formula is C14H16FNO3. The molecule has 0 heterocycles. The fraction of sp³-hybridized carbons (Fsp3) is 0.357. The first-order valence-corrected chi connectivity index (χ1v) is 5.93. The Bertz CT molecular complexity index is 505. The Hall–Kier alpha value is -1.90. The van der Waals surface area contributed by atoms with Crippen LogP contribution in [0.1, 0.15) is 22.8 Å². The average molecular weight is 265 g/mol. The van der Waals surface area contributed by atoms with Crippen molar-refractivity contribution in [1.29, 1.82) is 0 Å². The summed E-state index contributed by atoms with van der Waals surface area (Å²) in [7, 11) is 0. The van der Waals surface area contributed by atoms with Gasteiger partial charge in [0, 0.05) is 18.7 Å². The number of carbonyl (C=O) groups excluding carboxylic acids is 1. The maximum atomic E-state index is 13.2. The summed E-state index contributed by atoms with van der Waals surface area (Å²) in [4.78, 5) is 13.7. The van der Waals surface area contributed by atoms with Crippen LogP contribution in [0.3, 0.4) is 0 Å². The minimum atomic E-state index is -0.496. The highest BCUT2D eigenvalue weighted by molar-refractivity contribution is 5.96. The molecule has 0 aliphatic carbocycles. The Morgan fingerprint density at radius 3 is 2.74 bits per heavy atom. The van der Waals surface area contributed by atoms with E-state index in [0.29, 0.717) is 6.54 Å². The van der Waals surface area contributed by atoms with Gasteiger partial charge in [0.2, 0.25) is 0 Å². The second-order valence-corrected chi connectivity index (χ2v) is 3.76. The quantitative estimate of drug-likeness (QED) is 0.785. The third-order valence-electron chi connectivity index (χ3n) is 2.55. The molecule has 1 aromatic rings. The molecule has 1 rings (SSSR count). The van der Waals surface area contributed by atoms with Crippen molar-refractivity contribution in [3.8, 4) is 11.8 Å². The first-order chi connectivity index (χ1) is 9.13. The SMILES string of the molecule is CCN(CCO)C(=O)c1ccc(F)cc1C#CCO. The summed E-state index contributed by atoms with van der Waals surface area (Å²) in [5.41, 5.74) is 0.494. The number of hydrogen-bond acceptors (Lipinski definition) is 3. The molecular weight excluding hydrogens is 249 g/mol. The number of likely N-dealkylation sites (N-methyl/N-ethyl adjacent to an activating group) is 1. The number of benzene rings is 1. The van der Waals surface area contributed by atoms with E-state index in [-0.39, 0.29) is 36.8 Å². The molecule has 0 unspecified atom stereocenters. The Kier molecular flexibility index (Phi) is 6.00. The number of rotatable bonds is 4. The molecule has 0 atom stereocenters. The highest BCUT2D eigenvalue weighted by atomic mass is 19.1. The summed E-state index contributed by atoms with van der Waals surface area (Å²) >= 11 is 0. The van der Waals surface area contributed by atoms with Gasteiger partial charge in [-0.15, -0.1) is 0 Å². The summed E-state index contributed by atoms with van der Waals surface area (Å²) in [5.74, 6) is 4.13. The predicted octanol–water partition coefficient (Wildman–Crippen LogP) is 0.624. The first kappa shape index (κ1) is 15.2. The molecule has 5 heteroatoms. The second kappa shape index (κ2) is 7.52. The van der Waals surface area contributed by atoms with E-state index in [0.717, 1.165) is 6.07 Å². The van der Waals surface area contributed by atoms with E-state index in [9.17, 15) is 9.18 Å². The summed E-state index contributed by atoms with van der Waals surface area (Å²) in [5, 5.41) is 17.6. The van der Waals surface area contributed by atoms with Crippen molar-refractivity contribution < 1.29 is 19.4 Å². The van der Waals surface area contributed by atoms with Crippen LogP contribution in [0.2, 0.25) is 0 Å². The van der Waals surface area contributed by atoms with E-state index in [1.54, 1.807) is 6.92 Å². The van der Waals surface area contributed by atoms with Crippen molar-refractivity contribution in [2.45, 2.75) is 6.92 Å². The van der Waals surface area contributed by atoms with Gasteiger partial charge in [-0.1, -0.05) is 11.8 Å². The molecule has 0 saturated carbocycles. The largest absolute Gasteiger partial charge is 0.395 e. The third-order valence-corrected chi connectivity index (χ3v) is 2.55. The van der Waals surface area contributed by atoms with Crippen molar-refractivity contribution in [2.75, 3.05) is 26.3 Å². The molecule has 0 bridgehead atoms. The number of amides is 1. The summed E-state index contributed by atoms with van der Waals surface area (Å²) in [6.45, 7) is 1.93. The topological polar surface area (TPSA) is 60.8 Å². The van der Waals surface area contributed by atoms with Crippen molar-refractivity contribution in [2.24, 2.45) is 0 Å². The lowest BCUT2D eigenvalue weighted by Gasteiger charge is -2.20. The molecule has 102 valence electrons. The van der Waals surface area contributed by atoms with E-state index < -0.39 is 5.82 Å². The number of hydrogen-bond donors (Lipinski definition) is 2. The molecule has 2 N–H and O–H groups in total. The van der Waals surface area contributed by atoms with E-state index in [1.807, 2.05) is 0 Å². The van der Waals surface area contributed by atoms with Crippen molar-refractivity contribution in [3.63, 3.8) is 0 Å². The van der Waals surface area contributed by atoms with Gasteiger partial charge in [-0.25, -0.2) is 4.39 Å². The van der Waals surface area contributed by atoms with Crippen LogP contribution in [0.15, 0.2) is 18.2 Å². The lowest BCUT2D eigenvalue weighted by Crippen LogP contribution is -2.33. The van der Waals surface area contributed by atoms with Gasteiger partial charge in [0.05, 0.1) is 12.2 Å². The maximum absolute atomic E-state index is 13.2. The molecule has 1 aromatic carbocycles. The lowest BCUT2D eigenvalue weighted by molar-refractivity contribution is 0.0731. The van der Waals surface area contributed by atoms with Crippen LogP contribution in [0.5, 0.6) is 0 Å². The predicted molar refractivity (Wildman–Crippen MR) is 69.0 cm³/mol. The maximum Gasteiger partial charge on any atom is 0.255 e. The van der Waals surface area contributed by atoms with Gasteiger partial charge >= 0.3 is 0 Å². The lowest BCUT2D eigenvalue weighted by atomic mass is 10.1. The molecule has 0 spiro atoms. The van der Waals surface area contributed by atoms with Gasteiger partial charge in [-0.05, 0) is 25.1 Å². The minimum Gasteiger partial charge on any atom is -0.395 e. The van der Waals surface area contributed by atoms with Crippen LogP contribution in [-0.2, 0) is 0 Å². The van der Waals surface area contributed by atoms with Crippen molar-refractivity contribution >= 4 is 5.91 Å². The van der Waals surface area contributed by atoms with Crippen LogP contribution in [-0.4, -0.2) is 47.3 Å². The highest BCUT2D eigenvalue weighted by Crippen LogP contribution is 2.13. The van der Waals surface area contributed by atoms with Gasteiger partial charge in [0.1, 0.15) is 12.4 Å². The molecule has 4 nitrogen and oxygen atoms in total. The van der Waals surface area contributed by atoms with Gasteiger partial charge in [-0.2, -0.15) is 0 Å². The Balaban J connectivity index is 3.14. The zero-order chi connectivity index (χ0) is 14.3. The fourth-order valence-corrected chi connectivity index (χ4v) is 1.64. The number of aliphatic hydroxyl groups excluding tert-OH is 2. The zero-order valence-electron chi connectivity index (χ0n) is 10.7. The van der Waals surface area contributed by atoms with E-state index in [1.165, 1.54) is 17.0 Å². The molecule has 0 saturated heterocycles. The molecule has 0 aromatic heterocycles. The first-order valence-electron chi connectivity index (χ1n) is 5.93. The van der Waals surface area contributed by atoms with Gasteiger partial charge in [0.15, 0.2) is 0 Å². The molecule has 1 amide bonds. The van der Waals surface area contributed by atoms with Gasteiger partial charge < -0.3 is 15.1 Å². The third kappa shape index (κ3) is 4.05. The number of nitrogens with zero attached hydrogens (tertiary/aromatic N) is 1. The summed E-state index contributed by atoms with van der Waals surface area (Å²) in [6.07, 6.45) is 0. The molecule has 0 fully saturated rings. The molecule has 19 heavy (non-hydrogen) atoms. The second-order valence-electron chi connectivity index (χ2n) is 3.76. The number of aliphatic hydroxyl groups is 2. The van der Waals surface area contributed by atoms with Gasteiger partial charge in [-0.3, -0.25) is 4.79 Å². The van der Waals surface area contributed by atoms with Crippen LogP contribution >= 0.6 is 0 Å². The Morgan fingerprint density at radius 1 is 1.42 bits per heavy atom. The minimum absolute atomic E-state index is 0.140. The van der Waals surface area contributed by atoms with Crippen LogP contribution in [0.4, 0.5) is 4.39 Å². The van der Waals surface area contributed by atoms with E-state index in [2.05, 4.69) is 11.8 Å². The Labute approximate surface area is 111 Å². The normalized spacial score (nSPS) is 9.68. The monoisotopic (exact) mass is 265 g/mol. The fourth-order valence-electron chi connectivity index (χ4n) is 1.64. The van der Waals surface area contributed by atoms with Crippen LogP contribution in [0.25, 0.3) is 0 Å². The highest BCUT2D eigenvalue weighted by Gasteiger charge is 2.17. The summed E-state index contributed by atoms with van der Waals surface area (Å²) < 4.78 is 13.2. The standard InChI is InChI=1S/C14H16FNO3/c1-2-16(7-9-18)14(19)13-6-5-12(15)10-11(13)4-3-8-17/h5-6,10,17-18H,2,7-9H2,1H3. The molecule has 0 aliphatic heterocycles. The van der Waals surface area contributed by atoms with Crippen molar-refractivity contribution in [3.05, 3.63) is 35.1 Å². The number of carbonyl (C=O) groups is 1. The van der Waals surface area contributed by atoms with E-state index >= 15 is 0 Å². The Morgan fingerprint density at radius 2 is 2.16 bits per heavy atom. The molecule has 0 aliphatic rings. The van der Waals surface area contributed by atoms with Crippen LogP contribution < -0.4 is 0 Å². The van der Waals surface area contributed by atoms with E-state index in [4.69, 9.17) is 10.2 Å². The zero-order valence-corrected chi connectivity index (χ0v) is 10.7. The smallest absolute Gasteiger partial charge is 0.255 e. The summed E-state index contributed by atoms with van der Waals surface area (Å²) in [6, 6.07) is 3.70. The number of halogens is 1.